The second kappa shape index (κ2) is 8.85. The summed E-state index contributed by atoms with van der Waals surface area (Å²) in [5, 5.41) is 0. The SMILES string of the molecule is CCCCCCCC(CC)OC(N)=O. The van der Waals surface area contributed by atoms with E-state index in [4.69, 9.17) is 10.5 Å². The van der Waals surface area contributed by atoms with Crippen LogP contribution in [0.15, 0.2) is 0 Å². The number of hydrogen-bond donors (Lipinski definition) is 1. The Morgan fingerprint density at radius 2 is 1.86 bits per heavy atom. The average molecular weight is 201 g/mol. The number of amides is 1. The molecule has 0 saturated carbocycles. The van der Waals surface area contributed by atoms with Crippen molar-refractivity contribution in [2.75, 3.05) is 0 Å². The van der Waals surface area contributed by atoms with Gasteiger partial charge in [-0.2, -0.15) is 0 Å². The third-order valence-corrected chi connectivity index (χ3v) is 2.37. The first-order chi connectivity index (χ1) is 6.70. The lowest BCUT2D eigenvalue weighted by Gasteiger charge is -2.13. The number of primary amides is 1. The van der Waals surface area contributed by atoms with Gasteiger partial charge in [-0.05, 0) is 19.3 Å². The highest BCUT2D eigenvalue weighted by molar-refractivity contribution is 5.64. The molecule has 3 heteroatoms. The van der Waals surface area contributed by atoms with Crippen LogP contribution in [0.3, 0.4) is 0 Å². The number of unbranched alkanes of at least 4 members (excludes halogenated alkanes) is 4. The van der Waals surface area contributed by atoms with Crippen molar-refractivity contribution in [1.29, 1.82) is 0 Å². The third kappa shape index (κ3) is 7.90. The fraction of sp³-hybridized carbons (Fsp3) is 0.909. The Bertz CT molecular complexity index is 148. The summed E-state index contributed by atoms with van der Waals surface area (Å²) in [6.07, 6.45) is 7.38. The highest BCUT2D eigenvalue weighted by Crippen LogP contribution is 2.11. The number of carbonyl (C=O) groups is 1. The van der Waals surface area contributed by atoms with E-state index in [2.05, 4.69) is 6.92 Å². The molecule has 0 aromatic rings. The van der Waals surface area contributed by atoms with Crippen molar-refractivity contribution < 1.29 is 9.53 Å². The Morgan fingerprint density at radius 3 is 2.36 bits per heavy atom. The molecule has 1 amide bonds. The van der Waals surface area contributed by atoms with Gasteiger partial charge in [0.25, 0.3) is 0 Å². The minimum Gasteiger partial charge on any atom is -0.446 e. The van der Waals surface area contributed by atoms with Crippen molar-refractivity contribution in [2.45, 2.75) is 64.9 Å². The quantitative estimate of drug-likeness (QED) is 0.613. The van der Waals surface area contributed by atoms with Gasteiger partial charge in [-0.15, -0.1) is 0 Å². The van der Waals surface area contributed by atoms with Gasteiger partial charge in [-0.3, -0.25) is 0 Å². The molecule has 0 radical (unpaired) electrons. The van der Waals surface area contributed by atoms with E-state index in [0.29, 0.717) is 0 Å². The van der Waals surface area contributed by atoms with Crippen LogP contribution >= 0.6 is 0 Å². The van der Waals surface area contributed by atoms with E-state index in [0.717, 1.165) is 19.3 Å². The van der Waals surface area contributed by atoms with E-state index < -0.39 is 6.09 Å². The predicted molar refractivity (Wildman–Crippen MR) is 58.1 cm³/mol. The van der Waals surface area contributed by atoms with Gasteiger partial charge < -0.3 is 10.5 Å². The maximum Gasteiger partial charge on any atom is 0.404 e. The first-order valence-corrected chi connectivity index (χ1v) is 5.66. The Kier molecular flexibility index (Phi) is 8.39. The van der Waals surface area contributed by atoms with Crippen LogP contribution in [-0.4, -0.2) is 12.2 Å². The molecule has 0 saturated heterocycles. The highest BCUT2D eigenvalue weighted by atomic mass is 16.6. The highest BCUT2D eigenvalue weighted by Gasteiger charge is 2.08. The monoisotopic (exact) mass is 201 g/mol. The first kappa shape index (κ1) is 13.3. The maximum atomic E-state index is 10.5. The summed E-state index contributed by atoms with van der Waals surface area (Å²) in [4.78, 5) is 10.5. The predicted octanol–water partition coefficient (Wildman–Crippen LogP) is 3.22. The molecule has 0 aliphatic rings. The second-order valence-corrected chi connectivity index (χ2v) is 3.67. The summed E-state index contributed by atoms with van der Waals surface area (Å²) < 4.78 is 4.94. The van der Waals surface area contributed by atoms with Crippen LogP contribution in [0.25, 0.3) is 0 Å². The Hall–Kier alpha value is -0.730. The lowest BCUT2D eigenvalue weighted by molar-refractivity contribution is 0.0969. The molecule has 0 fully saturated rings. The molecule has 14 heavy (non-hydrogen) atoms. The van der Waals surface area contributed by atoms with Gasteiger partial charge in [0.05, 0.1) is 0 Å². The zero-order valence-electron chi connectivity index (χ0n) is 9.42. The van der Waals surface area contributed by atoms with Crippen molar-refractivity contribution in [2.24, 2.45) is 5.73 Å². The van der Waals surface area contributed by atoms with Gasteiger partial charge in [0, 0.05) is 0 Å². The molecule has 0 aliphatic carbocycles. The summed E-state index contributed by atoms with van der Waals surface area (Å²) in [7, 11) is 0. The second-order valence-electron chi connectivity index (χ2n) is 3.67. The molecule has 84 valence electrons. The Labute approximate surface area is 87.0 Å². The summed E-state index contributed by atoms with van der Waals surface area (Å²) in [5.74, 6) is 0. The molecule has 2 N–H and O–H groups in total. The topological polar surface area (TPSA) is 52.3 Å². The molecule has 1 atom stereocenters. The van der Waals surface area contributed by atoms with Crippen molar-refractivity contribution in [3.8, 4) is 0 Å². The van der Waals surface area contributed by atoms with Crippen LogP contribution in [0.1, 0.15) is 58.8 Å². The van der Waals surface area contributed by atoms with Crippen LogP contribution in [0, 0.1) is 0 Å². The average Bonchev–Trinajstić information content (AvgIpc) is 2.15. The summed E-state index contributed by atoms with van der Waals surface area (Å²) in [6, 6.07) is 0. The van der Waals surface area contributed by atoms with E-state index in [1.54, 1.807) is 0 Å². The molecule has 3 nitrogen and oxygen atoms in total. The molecule has 0 spiro atoms. The van der Waals surface area contributed by atoms with E-state index >= 15 is 0 Å². The smallest absolute Gasteiger partial charge is 0.404 e. The number of nitrogens with two attached hydrogens (primary N) is 1. The number of rotatable bonds is 8. The summed E-state index contributed by atoms with van der Waals surface area (Å²) in [6.45, 7) is 4.21. The van der Waals surface area contributed by atoms with Crippen molar-refractivity contribution >= 4 is 6.09 Å². The van der Waals surface area contributed by atoms with Gasteiger partial charge in [-0.25, -0.2) is 4.79 Å². The zero-order valence-corrected chi connectivity index (χ0v) is 9.42. The van der Waals surface area contributed by atoms with Crippen LogP contribution in [0.5, 0.6) is 0 Å². The number of carbonyl (C=O) groups excluding carboxylic acids is 1. The Balaban J connectivity index is 3.38. The van der Waals surface area contributed by atoms with Crippen LogP contribution in [0.4, 0.5) is 4.79 Å². The molecule has 0 aromatic heterocycles. The molecule has 0 aliphatic heterocycles. The fourth-order valence-corrected chi connectivity index (χ4v) is 1.49. The number of ether oxygens (including phenoxy) is 1. The molecule has 1 unspecified atom stereocenters. The van der Waals surface area contributed by atoms with Crippen molar-refractivity contribution in [1.82, 2.24) is 0 Å². The van der Waals surface area contributed by atoms with Crippen LogP contribution in [0.2, 0.25) is 0 Å². The lowest BCUT2D eigenvalue weighted by atomic mass is 10.1. The van der Waals surface area contributed by atoms with Crippen molar-refractivity contribution in [3.05, 3.63) is 0 Å². The maximum absolute atomic E-state index is 10.5. The minimum atomic E-state index is -0.648. The fourth-order valence-electron chi connectivity index (χ4n) is 1.49. The standard InChI is InChI=1S/C11H23NO2/c1-3-5-6-7-8-9-10(4-2)14-11(12)13/h10H,3-9H2,1-2H3,(H2,12,13). The van der Waals surface area contributed by atoms with Gasteiger partial charge in [0.1, 0.15) is 6.10 Å². The molecule has 0 heterocycles. The van der Waals surface area contributed by atoms with Crippen LogP contribution in [-0.2, 0) is 4.74 Å². The van der Waals surface area contributed by atoms with Gasteiger partial charge in [0.15, 0.2) is 0 Å². The van der Waals surface area contributed by atoms with Crippen LogP contribution < -0.4 is 5.73 Å². The number of hydrogen-bond acceptors (Lipinski definition) is 2. The zero-order chi connectivity index (χ0) is 10.8. The van der Waals surface area contributed by atoms with E-state index in [1.807, 2.05) is 6.92 Å². The van der Waals surface area contributed by atoms with E-state index in [9.17, 15) is 4.79 Å². The normalized spacial score (nSPS) is 12.4. The molecular formula is C11H23NO2. The van der Waals surface area contributed by atoms with E-state index in [-0.39, 0.29) is 6.10 Å². The van der Waals surface area contributed by atoms with E-state index in [1.165, 1.54) is 25.7 Å². The minimum absolute atomic E-state index is 0.0223. The van der Waals surface area contributed by atoms with Gasteiger partial charge in [0.2, 0.25) is 0 Å². The summed E-state index contributed by atoms with van der Waals surface area (Å²) in [5.41, 5.74) is 4.96. The van der Waals surface area contributed by atoms with Crippen molar-refractivity contribution in [3.63, 3.8) is 0 Å². The van der Waals surface area contributed by atoms with Gasteiger partial charge >= 0.3 is 6.09 Å². The lowest BCUT2D eigenvalue weighted by Crippen LogP contribution is -2.22. The first-order valence-electron chi connectivity index (χ1n) is 5.66. The molecular weight excluding hydrogens is 178 g/mol. The third-order valence-electron chi connectivity index (χ3n) is 2.37. The largest absolute Gasteiger partial charge is 0.446 e. The Morgan fingerprint density at radius 1 is 1.21 bits per heavy atom. The van der Waals surface area contributed by atoms with Gasteiger partial charge in [-0.1, -0.05) is 39.5 Å². The molecule has 0 aromatic carbocycles. The summed E-state index contributed by atoms with van der Waals surface area (Å²) >= 11 is 0. The molecule has 0 bridgehead atoms. The molecule has 0 rings (SSSR count).